The van der Waals surface area contributed by atoms with Crippen molar-refractivity contribution in [1.29, 1.82) is 0 Å². The molecule has 0 saturated heterocycles. The number of hydrogen-bond acceptors (Lipinski definition) is 10. The molecule has 2 aliphatic rings. The third-order valence-electron chi connectivity index (χ3n) is 9.86. The van der Waals surface area contributed by atoms with Crippen LogP contribution in [0.5, 0.6) is 0 Å². The highest BCUT2D eigenvalue weighted by Crippen LogP contribution is 2.19. The van der Waals surface area contributed by atoms with Gasteiger partial charge < -0.3 is 36.4 Å². The van der Waals surface area contributed by atoms with Crippen LogP contribution in [-0.2, 0) is 28.8 Å². The normalized spacial score (nSPS) is 17.5. The molecule has 2 aliphatic heterocycles. The third-order valence-corrected chi connectivity index (χ3v) is 9.86. The second-order valence-corrected chi connectivity index (χ2v) is 14.6. The predicted molar refractivity (Wildman–Crippen MR) is 208 cm³/mol. The van der Waals surface area contributed by atoms with E-state index in [2.05, 4.69) is 56.8 Å². The lowest BCUT2D eigenvalue weighted by Gasteiger charge is -2.25. The minimum absolute atomic E-state index is 0.0116. The molecule has 0 aromatic carbocycles. The van der Waals surface area contributed by atoms with E-state index in [9.17, 15) is 43.8 Å². The van der Waals surface area contributed by atoms with Gasteiger partial charge in [-0.25, -0.2) is 14.4 Å². The molecule has 0 fully saturated rings. The van der Waals surface area contributed by atoms with E-state index in [0.29, 0.717) is 51.5 Å². The van der Waals surface area contributed by atoms with Crippen molar-refractivity contribution in [2.75, 3.05) is 26.2 Å². The fourth-order valence-corrected chi connectivity index (χ4v) is 6.34. The first-order valence-corrected chi connectivity index (χ1v) is 19.6. The number of amides is 3. The maximum atomic E-state index is 12.6. The average Bonchev–Trinajstić information content (AvgIpc) is 3.73. The van der Waals surface area contributed by atoms with Gasteiger partial charge in [-0.1, -0.05) is 45.3 Å². The molecule has 0 bridgehead atoms. The van der Waals surface area contributed by atoms with Gasteiger partial charge in [0.25, 0.3) is 0 Å². The SMILES string of the molecule is CC1C=CN=C1CN(CCCC[C@H](CC(=O)CCCCCCC(=O)NCCCC[C@H](NC(=O)N[C@@H](CCC(=O)O)C(=O)O)C(=O)O)C(=O)O)CC1=NC=CC1C. The lowest BCUT2D eigenvalue weighted by atomic mass is 9.94. The predicted octanol–water partition coefficient (Wildman–Crippen LogP) is 4.03. The molecule has 312 valence electrons. The van der Waals surface area contributed by atoms with Gasteiger partial charge in [0, 0.05) is 81.0 Å². The number of carboxylic acid groups (broad SMARTS) is 4. The molecule has 0 aromatic heterocycles. The number of hydrogen-bond donors (Lipinski definition) is 7. The summed E-state index contributed by atoms with van der Waals surface area (Å²) in [4.78, 5) is 93.8. The first-order valence-electron chi connectivity index (χ1n) is 19.6. The van der Waals surface area contributed by atoms with Crippen molar-refractivity contribution in [2.24, 2.45) is 27.7 Å². The molecule has 7 N–H and O–H groups in total. The summed E-state index contributed by atoms with van der Waals surface area (Å²) >= 11 is 0. The zero-order chi connectivity index (χ0) is 41.5. The summed E-state index contributed by atoms with van der Waals surface area (Å²) < 4.78 is 0. The number of carboxylic acids is 4. The number of nitrogens with one attached hydrogen (secondary N) is 3. The van der Waals surface area contributed by atoms with Crippen molar-refractivity contribution in [2.45, 2.75) is 122 Å². The molecule has 0 spiro atoms. The summed E-state index contributed by atoms with van der Waals surface area (Å²) in [5, 5.41) is 44.1. The lowest BCUT2D eigenvalue weighted by molar-refractivity contribution is -0.144. The third kappa shape index (κ3) is 19.6. The lowest BCUT2D eigenvalue weighted by Crippen LogP contribution is -2.51. The highest BCUT2D eigenvalue weighted by Gasteiger charge is 2.26. The molecular weight excluding hydrogens is 728 g/mol. The monoisotopic (exact) mass is 788 g/mol. The summed E-state index contributed by atoms with van der Waals surface area (Å²) in [6.07, 6.45) is 13.0. The van der Waals surface area contributed by atoms with Crippen LogP contribution in [0.1, 0.15) is 110 Å². The fraction of sp³-hybridized carbons (Fsp3) is 0.667. The van der Waals surface area contributed by atoms with Crippen LogP contribution in [0.25, 0.3) is 0 Å². The van der Waals surface area contributed by atoms with Crippen LogP contribution in [0.2, 0.25) is 0 Å². The van der Waals surface area contributed by atoms with Gasteiger partial charge in [0.15, 0.2) is 0 Å². The number of rotatable bonds is 31. The quantitative estimate of drug-likeness (QED) is 0.0491. The molecule has 56 heavy (non-hydrogen) atoms. The van der Waals surface area contributed by atoms with Crippen LogP contribution in [-0.4, -0.2) is 117 Å². The number of aliphatic imine (C=N–C) groups is 2. The van der Waals surface area contributed by atoms with E-state index in [0.717, 1.165) is 50.3 Å². The Hall–Kier alpha value is -4.93. The van der Waals surface area contributed by atoms with Crippen molar-refractivity contribution in [1.82, 2.24) is 20.9 Å². The van der Waals surface area contributed by atoms with Gasteiger partial charge in [-0.3, -0.25) is 34.1 Å². The maximum Gasteiger partial charge on any atom is 0.326 e. The van der Waals surface area contributed by atoms with Gasteiger partial charge in [0.05, 0.1) is 5.92 Å². The summed E-state index contributed by atoms with van der Waals surface area (Å²) in [6, 6.07) is -3.84. The van der Waals surface area contributed by atoms with Gasteiger partial charge >= 0.3 is 29.9 Å². The topological polar surface area (TPSA) is 264 Å². The van der Waals surface area contributed by atoms with Crippen molar-refractivity contribution in [3.8, 4) is 0 Å². The van der Waals surface area contributed by atoms with E-state index in [4.69, 9.17) is 10.2 Å². The van der Waals surface area contributed by atoms with Gasteiger partial charge in [0.2, 0.25) is 5.91 Å². The molecule has 2 unspecified atom stereocenters. The molecule has 0 aromatic rings. The molecule has 17 heteroatoms. The number of nitrogens with zero attached hydrogens (tertiary/aromatic N) is 3. The van der Waals surface area contributed by atoms with E-state index in [-0.39, 0.29) is 49.2 Å². The highest BCUT2D eigenvalue weighted by atomic mass is 16.4. The minimum atomic E-state index is -1.49. The van der Waals surface area contributed by atoms with E-state index < -0.39 is 54.3 Å². The Morgan fingerprint density at radius 2 is 1.21 bits per heavy atom. The molecule has 2 heterocycles. The van der Waals surface area contributed by atoms with E-state index in [1.54, 1.807) is 0 Å². The Labute approximate surface area is 328 Å². The maximum absolute atomic E-state index is 12.6. The van der Waals surface area contributed by atoms with E-state index in [1.807, 2.05) is 12.4 Å². The summed E-state index contributed by atoms with van der Waals surface area (Å²) in [7, 11) is 0. The number of allylic oxidation sites excluding steroid dienone is 2. The van der Waals surface area contributed by atoms with Gasteiger partial charge in [-0.15, -0.1) is 0 Å². The van der Waals surface area contributed by atoms with E-state index >= 15 is 0 Å². The van der Waals surface area contributed by atoms with Gasteiger partial charge in [0.1, 0.15) is 17.9 Å². The summed E-state index contributed by atoms with van der Waals surface area (Å²) in [5.74, 6) is -5.33. The van der Waals surface area contributed by atoms with Crippen LogP contribution < -0.4 is 16.0 Å². The smallest absolute Gasteiger partial charge is 0.326 e. The molecule has 5 atom stereocenters. The first-order chi connectivity index (χ1) is 26.7. The van der Waals surface area contributed by atoms with Crippen molar-refractivity contribution < 1.29 is 54.0 Å². The van der Waals surface area contributed by atoms with Crippen molar-refractivity contribution >= 4 is 53.0 Å². The number of ketones is 1. The Kier molecular flexibility index (Phi) is 21.9. The zero-order valence-corrected chi connectivity index (χ0v) is 32.6. The molecule has 2 rings (SSSR count). The molecular formula is C39H60N6O11. The zero-order valence-electron chi connectivity index (χ0n) is 32.6. The first kappa shape index (κ1) is 47.2. The number of aliphatic carboxylic acids is 4. The second kappa shape index (κ2) is 26.0. The highest BCUT2D eigenvalue weighted by molar-refractivity contribution is 5.94. The molecule has 3 amide bonds. The van der Waals surface area contributed by atoms with Gasteiger partial charge in [-0.05, 0) is 57.9 Å². The second-order valence-electron chi connectivity index (χ2n) is 14.6. The summed E-state index contributed by atoms with van der Waals surface area (Å²) in [6.45, 7) is 6.78. The van der Waals surface area contributed by atoms with Crippen LogP contribution in [0.4, 0.5) is 4.79 Å². The number of Topliss-reactive ketones (excluding diaryl/α,β-unsaturated/α-hetero) is 1. The van der Waals surface area contributed by atoms with E-state index in [1.165, 1.54) is 0 Å². The number of urea groups is 1. The Morgan fingerprint density at radius 1 is 0.661 bits per heavy atom. The van der Waals surface area contributed by atoms with Crippen molar-refractivity contribution in [3.63, 3.8) is 0 Å². The number of carbonyl (C=O) groups is 7. The Bertz CT molecular complexity index is 1440. The van der Waals surface area contributed by atoms with Gasteiger partial charge in [-0.2, -0.15) is 0 Å². The number of carbonyl (C=O) groups excluding carboxylic acids is 3. The average molecular weight is 789 g/mol. The van der Waals surface area contributed by atoms with Crippen LogP contribution in [0, 0.1) is 17.8 Å². The fourth-order valence-electron chi connectivity index (χ4n) is 6.34. The Morgan fingerprint density at radius 3 is 1.73 bits per heavy atom. The summed E-state index contributed by atoms with van der Waals surface area (Å²) in [5.41, 5.74) is 2.21. The van der Waals surface area contributed by atoms with Crippen LogP contribution in [0.3, 0.4) is 0 Å². The van der Waals surface area contributed by atoms with Crippen molar-refractivity contribution in [3.05, 3.63) is 24.6 Å². The molecule has 17 nitrogen and oxygen atoms in total. The standard InChI is InChI=1S/C39H60N6O11/c1-26-17-20-40-32(26)24-45(25-33-27(2)18-21-41-33)22-10-8-11-28(36(50)51)23-29(46)12-5-3-4-6-14-34(47)42-19-9-7-13-30(37(52)53)43-39(56)44-31(38(54)55)15-16-35(48)49/h17-18,20-21,26-28,30-31H,3-16,19,22-25H2,1-2H3,(H,42,47)(H,48,49)(H,50,51)(H,52,53)(H,54,55)(H2,43,44,56)/t26?,27?,28-,30+,31+/m1/s1. The number of unbranched alkanes of at least 4 members (excludes halogenated alkanes) is 5. The van der Waals surface area contributed by atoms with Crippen LogP contribution in [0.15, 0.2) is 34.5 Å². The Balaban J connectivity index is 1.57. The minimum Gasteiger partial charge on any atom is -0.481 e. The largest absolute Gasteiger partial charge is 0.481 e. The van der Waals surface area contributed by atoms with Crippen LogP contribution >= 0.6 is 0 Å². The molecule has 0 aliphatic carbocycles. The molecule has 0 radical (unpaired) electrons. The molecule has 0 saturated carbocycles.